The van der Waals surface area contributed by atoms with Gasteiger partial charge in [0.15, 0.2) is 0 Å². The molecular weight excluding hydrogens is 304 g/mol. The van der Waals surface area contributed by atoms with Crippen molar-refractivity contribution < 1.29 is 14.3 Å². The highest BCUT2D eigenvalue weighted by molar-refractivity contribution is 5.88. The molecule has 0 unspecified atom stereocenters. The van der Waals surface area contributed by atoms with Crippen LogP contribution < -0.4 is 11.1 Å². The summed E-state index contributed by atoms with van der Waals surface area (Å²) in [6.45, 7) is 1.62. The molecule has 3 N–H and O–H groups in total. The van der Waals surface area contributed by atoms with Crippen LogP contribution in [0.4, 0.5) is 0 Å². The first-order valence-corrected chi connectivity index (χ1v) is 7.78. The fourth-order valence-electron chi connectivity index (χ4n) is 2.24. The molecule has 126 valence electrons. The van der Waals surface area contributed by atoms with E-state index in [9.17, 15) is 9.59 Å². The molecule has 0 aliphatic heterocycles. The molecule has 0 saturated heterocycles. The van der Waals surface area contributed by atoms with Gasteiger partial charge in [-0.25, -0.2) is 0 Å². The number of carbonyl (C=O) groups excluding carboxylic acids is 2. The van der Waals surface area contributed by atoms with Gasteiger partial charge in [0.25, 0.3) is 0 Å². The van der Waals surface area contributed by atoms with Crippen molar-refractivity contribution in [1.29, 1.82) is 0 Å². The van der Waals surface area contributed by atoms with Crippen molar-refractivity contribution in [2.45, 2.75) is 25.5 Å². The van der Waals surface area contributed by atoms with Gasteiger partial charge in [0.05, 0.1) is 5.54 Å². The minimum Gasteiger partial charge on any atom is -0.460 e. The SMILES string of the molecule is C[C@](N)(Cc1ccccc1)C(=O)NCC(=O)OCc1ccccc1. The average molecular weight is 326 g/mol. The minimum absolute atomic E-state index is 0.180. The number of hydrogen-bond donors (Lipinski definition) is 2. The summed E-state index contributed by atoms with van der Waals surface area (Å²) in [5, 5.41) is 2.54. The lowest BCUT2D eigenvalue weighted by molar-refractivity contribution is -0.145. The fourth-order valence-corrected chi connectivity index (χ4v) is 2.24. The first-order valence-electron chi connectivity index (χ1n) is 7.78. The van der Waals surface area contributed by atoms with Crippen molar-refractivity contribution in [3.8, 4) is 0 Å². The zero-order valence-electron chi connectivity index (χ0n) is 13.7. The molecule has 0 saturated carbocycles. The molecule has 0 bridgehead atoms. The molecule has 1 amide bonds. The predicted octanol–water partition coefficient (Wildman–Crippen LogP) is 1.81. The van der Waals surface area contributed by atoms with E-state index in [1.807, 2.05) is 60.7 Å². The normalized spacial score (nSPS) is 12.9. The first-order chi connectivity index (χ1) is 11.5. The summed E-state index contributed by atoms with van der Waals surface area (Å²) in [5.74, 6) is -0.884. The summed E-state index contributed by atoms with van der Waals surface area (Å²) in [5.41, 5.74) is 6.84. The summed E-state index contributed by atoms with van der Waals surface area (Å²) in [6.07, 6.45) is 0.388. The average Bonchev–Trinajstić information content (AvgIpc) is 2.59. The van der Waals surface area contributed by atoms with E-state index < -0.39 is 11.5 Å². The van der Waals surface area contributed by atoms with E-state index in [0.717, 1.165) is 11.1 Å². The summed E-state index contributed by atoms with van der Waals surface area (Å²) in [6, 6.07) is 18.9. The Morgan fingerprint density at radius 3 is 2.12 bits per heavy atom. The first kappa shape index (κ1) is 17.7. The van der Waals surface area contributed by atoms with Crippen LogP contribution in [0.15, 0.2) is 60.7 Å². The molecule has 5 heteroatoms. The van der Waals surface area contributed by atoms with Gasteiger partial charge in [-0.1, -0.05) is 60.7 Å². The molecule has 0 fully saturated rings. The molecule has 1 atom stereocenters. The lowest BCUT2D eigenvalue weighted by Crippen LogP contribution is -2.54. The van der Waals surface area contributed by atoms with Gasteiger partial charge in [0.1, 0.15) is 13.2 Å². The van der Waals surface area contributed by atoms with E-state index in [1.165, 1.54) is 0 Å². The number of ether oxygens (including phenoxy) is 1. The van der Waals surface area contributed by atoms with Crippen LogP contribution in [0.1, 0.15) is 18.1 Å². The molecule has 2 aromatic carbocycles. The summed E-state index contributed by atoms with van der Waals surface area (Å²) >= 11 is 0. The van der Waals surface area contributed by atoms with Crippen molar-refractivity contribution in [2.24, 2.45) is 5.73 Å². The third-order valence-electron chi connectivity index (χ3n) is 3.57. The molecule has 0 radical (unpaired) electrons. The number of nitrogens with one attached hydrogen (secondary N) is 1. The number of rotatable bonds is 7. The van der Waals surface area contributed by atoms with Crippen LogP contribution in [-0.4, -0.2) is 24.0 Å². The monoisotopic (exact) mass is 326 g/mol. The smallest absolute Gasteiger partial charge is 0.325 e. The highest BCUT2D eigenvalue weighted by Gasteiger charge is 2.28. The van der Waals surface area contributed by atoms with Gasteiger partial charge in [-0.05, 0) is 24.5 Å². The Bertz CT molecular complexity index is 670. The molecule has 0 aromatic heterocycles. The lowest BCUT2D eigenvalue weighted by atomic mass is 9.93. The lowest BCUT2D eigenvalue weighted by Gasteiger charge is -2.23. The number of esters is 1. The summed E-state index contributed by atoms with van der Waals surface area (Å²) < 4.78 is 5.11. The van der Waals surface area contributed by atoms with Crippen LogP contribution in [0.5, 0.6) is 0 Å². The highest BCUT2D eigenvalue weighted by atomic mass is 16.5. The highest BCUT2D eigenvalue weighted by Crippen LogP contribution is 2.10. The predicted molar refractivity (Wildman–Crippen MR) is 92.0 cm³/mol. The van der Waals surface area contributed by atoms with Crippen molar-refractivity contribution in [3.05, 3.63) is 71.8 Å². The van der Waals surface area contributed by atoms with Crippen LogP contribution in [0.3, 0.4) is 0 Å². The third kappa shape index (κ3) is 5.52. The third-order valence-corrected chi connectivity index (χ3v) is 3.57. The van der Waals surface area contributed by atoms with Gasteiger partial charge in [0, 0.05) is 0 Å². The van der Waals surface area contributed by atoms with Gasteiger partial charge in [0.2, 0.25) is 5.91 Å². The second kappa shape index (κ2) is 8.26. The molecular formula is C19H22N2O3. The van der Waals surface area contributed by atoms with Crippen molar-refractivity contribution >= 4 is 11.9 Å². The Morgan fingerprint density at radius 1 is 1.00 bits per heavy atom. The van der Waals surface area contributed by atoms with Crippen molar-refractivity contribution in [2.75, 3.05) is 6.54 Å². The molecule has 24 heavy (non-hydrogen) atoms. The number of carbonyl (C=O) groups is 2. The molecule has 2 aromatic rings. The van der Waals surface area contributed by atoms with Crippen molar-refractivity contribution in [3.63, 3.8) is 0 Å². The molecule has 2 rings (SSSR count). The molecule has 0 spiro atoms. The largest absolute Gasteiger partial charge is 0.460 e. The quantitative estimate of drug-likeness (QED) is 0.760. The molecule has 5 nitrogen and oxygen atoms in total. The van der Waals surface area contributed by atoms with Gasteiger partial charge in [-0.2, -0.15) is 0 Å². The Balaban J connectivity index is 1.78. The van der Waals surface area contributed by atoms with Crippen LogP contribution >= 0.6 is 0 Å². The van der Waals surface area contributed by atoms with Gasteiger partial charge in [-0.3, -0.25) is 9.59 Å². The second-order valence-electron chi connectivity index (χ2n) is 5.91. The topological polar surface area (TPSA) is 81.4 Å². The summed E-state index contributed by atoms with van der Waals surface area (Å²) in [4.78, 5) is 23.9. The van der Waals surface area contributed by atoms with Crippen LogP contribution in [0.25, 0.3) is 0 Å². The second-order valence-corrected chi connectivity index (χ2v) is 5.91. The maximum Gasteiger partial charge on any atom is 0.325 e. The number of amides is 1. The molecule has 0 aliphatic carbocycles. The van der Waals surface area contributed by atoms with Crippen LogP contribution in [0, 0.1) is 0 Å². The maximum absolute atomic E-state index is 12.2. The van der Waals surface area contributed by atoms with Gasteiger partial charge in [-0.15, -0.1) is 0 Å². The van der Waals surface area contributed by atoms with Crippen LogP contribution in [0.2, 0.25) is 0 Å². The van der Waals surface area contributed by atoms with E-state index in [2.05, 4.69) is 5.32 Å². The van der Waals surface area contributed by atoms with Crippen molar-refractivity contribution in [1.82, 2.24) is 5.32 Å². The maximum atomic E-state index is 12.2. The minimum atomic E-state index is -1.10. The Kier molecular flexibility index (Phi) is 6.09. The standard InChI is InChI=1S/C19H22N2O3/c1-19(20,12-15-8-4-2-5-9-15)18(23)21-13-17(22)24-14-16-10-6-3-7-11-16/h2-11H,12-14,20H2,1H3,(H,21,23)/t19-/m0/s1. The molecule has 0 heterocycles. The Morgan fingerprint density at radius 2 is 1.54 bits per heavy atom. The van der Waals surface area contributed by atoms with E-state index in [1.54, 1.807) is 6.92 Å². The Hall–Kier alpha value is -2.66. The Labute approximate surface area is 141 Å². The van der Waals surface area contributed by atoms with Gasteiger partial charge >= 0.3 is 5.97 Å². The van der Waals surface area contributed by atoms with E-state index in [-0.39, 0.29) is 19.1 Å². The fraction of sp³-hybridized carbons (Fsp3) is 0.263. The molecule has 0 aliphatic rings. The number of hydrogen-bond acceptors (Lipinski definition) is 4. The van der Waals surface area contributed by atoms with Crippen LogP contribution in [-0.2, 0) is 27.4 Å². The summed E-state index contributed by atoms with van der Waals surface area (Å²) in [7, 11) is 0. The van der Waals surface area contributed by atoms with E-state index in [0.29, 0.717) is 6.42 Å². The van der Waals surface area contributed by atoms with E-state index >= 15 is 0 Å². The number of benzene rings is 2. The zero-order chi connectivity index (χ0) is 17.4. The number of nitrogens with two attached hydrogens (primary N) is 1. The van der Waals surface area contributed by atoms with Gasteiger partial charge < -0.3 is 15.8 Å². The van der Waals surface area contributed by atoms with E-state index in [4.69, 9.17) is 10.5 Å². The zero-order valence-corrected chi connectivity index (χ0v) is 13.7.